The molecule has 0 aliphatic heterocycles. The van der Waals surface area contributed by atoms with E-state index in [0.717, 1.165) is 0 Å². The normalized spacial score (nSPS) is 11.1. The standard InChI is InChI=1S/C14H13ClN2O3S/c1-9-2-5-11(15)8-13(9)21(19,20)17-12-6-3-10(4-7-12)14(16)18/h2-8,17H,1H3,(H2,16,18). The minimum absolute atomic E-state index is 0.106. The number of hydrogen-bond acceptors (Lipinski definition) is 3. The van der Waals surface area contributed by atoms with E-state index >= 15 is 0 Å². The maximum atomic E-state index is 12.3. The molecule has 0 saturated heterocycles. The number of nitrogens with one attached hydrogen (secondary N) is 1. The predicted octanol–water partition coefficient (Wildman–Crippen LogP) is 2.55. The van der Waals surface area contributed by atoms with Crippen molar-refractivity contribution in [2.75, 3.05) is 4.72 Å². The van der Waals surface area contributed by atoms with Crippen molar-refractivity contribution in [3.05, 3.63) is 58.6 Å². The van der Waals surface area contributed by atoms with Crippen LogP contribution < -0.4 is 10.5 Å². The van der Waals surface area contributed by atoms with E-state index in [2.05, 4.69) is 4.72 Å². The fourth-order valence-corrected chi connectivity index (χ4v) is 3.34. The number of rotatable bonds is 4. The summed E-state index contributed by atoms with van der Waals surface area (Å²) in [5, 5.41) is 0.338. The Hall–Kier alpha value is -2.05. The van der Waals surface area contributed by atoms with Crippen molar-refractivity contribution >= 4 is 33.2 Å². The summed E-state index contributed by atoms with van der Waals surface area (Å²) >= 11 is 5.84. The largest absolute Gasteiger partial charge is 0.366 e. The first-order valence-electron chi connectivity index (χ1n) is 5.98. The van der Waals surface area contributed by atoms with Crippen LogP contribution in [-0.4, -0.2) is 14.3 Å². The first-order chi connectivity index (χ1) is 9.79. The molecule has 0 fully saturated rings. The molecule has 0 aliphatic rings. The summed E-state index contributed by atoms with van der Waals surface area (Å²) < 4.78 is 27.1. The molecule has 2 aromatic rings. The van der Waals surface area contributed by atoms with Gasteiger partial charge in [0.1, 0.15) is 0 Å². The summed E-state index contributed by atoms with van der Waals surface area (Å²) in [7, 11) is -3.75. The van der Waals surface area contributed by atoms with Crippen LogP contribution in [0, 0.1) is 6.92 Å². The third-order valence-corrected chi connectivity index (χ3v) is 4.62. The van der Waals surface area contributed by atoms with Crippen LogP contribution >= 0.6 is 11.6 Å². The molecule has 2 aromatic carbocycles. The van der Waals surface area contributed by atoms with E-state index in [-0.39, 0.29) is 4.90 Å². The van der Waals surface area contributed by atoms with E-state index in [1.54, 1.807) is 19.1 Å². The molecule has 0 aliphatic carbocycles. The fraction of sp³-hybridized carbons (Fsp3) is 0.0714. The molecular weight excluding hydrogens is 312 g/mol. The molecule has 7 heteroatoms. The summed E-state index contributed by atoms with van der Waals surface area (Å²) in [6, 6.07) is 10.5. The number of nitrogens with two attached hydrogens (primary N) is 1. The van der Waals surface area contributed by atoms with Gasteiger partial charge in [0.25, 0.3) is 10.0 Å². The highest BCUT2D eigenvalue weighted by molar-refractivity contribution is 7.92. The number of primary amides is 1. The lowest BCUT2D eigenvalue weighted by Crippen LogP contribution is -2.15. The van der Waals surface area contributed by atoms with Crippen LogP contribution in [0.1, 0.15) is 15.9 Å². The van der Waals surface area contributed by atoms with Gasteiger partial charge in [-0.2, -0.15) is 0 Å². The van der Waals surface area contributed by atoms with E-state index < -0.39 is 15.9 Å². The van der Waals surface area contributed by atoms with Crippen molar-refractivity contribution in [3.63, 3.8) is 0 Å². The van der Waals surface area contributed by atoms with E-state index in [0.29, 0.717) is 21.8 Å². The van der Waals surface area contributed by atoms with Crippen molar-refractivity contribution in [1.82, 2.24) is 0 Å². The molecule has 2 rings (SSSR count). The molecule has 110 valence electrons. The lowest BCUT2D eigenvalue weighted by Gasteiger charge is -2.11. The third-order valence-electron chi connectivity index (χ3n) is 2.86. The van der Waals surface area contributed by atoms with Crippen LogP contribution in [0.4, 0.5) is 5.69 Å². The van der Waals surface area contributed by atoms with Gasteiger partial charge in [0.15, 0.2) is 0 Å². The third kappa shape index (κ3) is 3.53. The molecule has 21 heavy (non-hydrogen) atoms. The molecule has 5 nitrogen and oxygen atoms in total. The van der Waals surface area contributed by atoms with Gasteiger partial charge >= 0.3 is 0 Å². The van der Waals surface area contributed by atoms with Gasteiger partial charge in [0, 0.05) is 16.3 Å². The number of sulfonamides is 1. The van der Waals surface area contributed by atoms with Crippen LogP contribution in [-0.2, 0) is 10.0 Å². The smallest absolute Gasteiger partial charge is 0.262 e. The summed E-state index contributed by atoms with van der Waals surface area (Å²) in [6.07, 6.45) is 0. The Morgan fingerprint density at radius 1 is 1.14 bits per heavy atom. The number of benzene rings is 2. The minimum Gasteiger partial charge on any atom is -0.366 e. The number of aryl methyl sites for hydroxylation is 1. The first-order valence-corrected chi connectivity index (χ1v) is 7.84. The number of carbonyl (C=O) groups excluding carboxylic acids is 1. The second-order valence-corrected chi connectivity index (χ2v) is 6.54. The Morgan fingerprint density at radius 2 is 1.76 bits per heavy atom. The molecule has 3 N–H and O–H groups in total. The number of amides is 1. The molecule has 1 amide bonds. The second kappa shape index (κ2) is 5.75. The van der Waals surface area contributed by atoms with Crippen LogP contribution in [0.15, 0.2) is 47.4 Å². The van der Waals surface area contributed by atoms with Gasteiger partial charge in [0.05, 0.1) is 4.90 Å². The van der Waals surface area contributed by atoms with Gasteiger partial charge in [-0.3, -0.25) is 9.52 Å². The van der Waals surface area contributed by atoms with E-state index in [1.807, 2.05) is 0 Å². The summed E-state index contributed by atoms with van der Waals surface area (Å²) in [4.78, 5) is 11.1. The van der Waals surface area contributed by atoms with Crippen molar-refractivity contribution in [1.29, 1.82) is 0 Å². The molecule has 0 aromatic heterocycles. The number of carbonyl (C=O) groups is 1. The maximum absolute atomic E-state index is 12.3. The minimum atomic E-state index is -3.75. The van der Waals surface area contributed by atoms with E-state index in [1.165, 1.54) is 30.3 Å². The highest BCUT2D eigenvalue weighted by atomic mass is 35.5. The highest BCUT2D eigenvalue weighted by Gasteiger charge is 2.17. The summed E-state index contributed by atoms with van der Waals surface area (Å²) in [5.41, 5.74) is 6.35. The van der Waals surface area contributed by atoms with Crippen molar-refractivity contribution in [3.8, 4) is 0 Å². The number of hydrogen-bond donors (Lipinski definition) is 2. The molecule has 0 atom stereocenters. The average Bonchev–Trinajstić information content (AvgIpc) is 2.41. The number of halogens is 1. The van der Waals surface area contributed by atoms with E-state index in [9.17, 15) is 13.2 Å². The maximum Gasteiger partial charge on any atom is 0.262 e. The highest BCUT2D eigenvalue weighted by Crippen LogP contribution is 2.23. The average molecular weight is 325 g/mol. The zero-order chi connectivity index (χ0) is 15.6. The van der Waals surface area contributed by atoms with Crippen molar-refractivity contribution < 1.29 is 13.2 Å². The summed E-state index contributed by atoms with van der Waals surface area (Å²) in [5.74, 6) is -0.574. The molecule has 0 spiro atoms. The summed E-state index contributed by atoms with van der Waals surface area (Å²) in [6.45, 7) is 1.68. The SMILES string of the molecule is Cc1ccc(Cl)cc1S(=O)(=O)Nc1ccc(C(N)=O)cc1. The van der Waals surface area contributed by atoms with Crippen molar-refractivity contribution in [2.24, 2.45) is 5.73 Å². The molecule has 0 bridgehead atoms. The zero-order valence-electron chi connectivity index (χ0n) is 11.1. The quantitative estimate of drug-likeness (QED) is 0.905. The Labute approximate surface area is 127 Å². The molecular formula is C14H13ClN2O3S. The van der Waals surface area contributed by atoms with Gasteiger partial charge in [-0.1, -0.05) is 17.7 Å². The van der Waals surface area contributed by atoms with Gasteiger partial charge < -0.3 is 5.73 Å². The molecule has 0 unspecified atom stereocenters. The van der Waals surface area contributed by atoms with Crippen LogP contribution in [0.5, 0.6) is 0 Å². The van der Waals surface area contributed by atoms with Crippen molar-refractivity contribution in [2.45, 2.75) is 11.8 Å². The van der Waals surface area contributed by atoms with Gasteiger partial charge in [-0.15, -0.1) is 0 Å². The van der Waals surface area contributed by atoms with Gasteiger partial charge in [-0.05, 0) is 48.9 Å². The molecule has 0 heterocycles. The lowest BCUT2D eigenvalue weighted by atomic mass is 10.2. The first kappa shape index (κ1) is 15.3. The molecule has 0 saturated carbocycles. The van der Waals surface area contributed by atoms with Gasteiger partial charge in [-0.25, -0.2) is 8.42 Å². The Bertz CT molecular complexity index is 786. The fourth-order valence-electron chi connectivity index (χ4n) is 1.78. The molecule has 0 radical (unpaired) electrons. The Balaban J connectivity index is 2.33. The lowest BCUT2D eigenvalue weighted by molar-refractivity contribution is 0.100. The van der Waals surface area contributed by atoms with Gasteiger partial charge in [0.2, 0.25) is 5.91 Å². The predicted molar refractivity (Wildman–Crippen MR) is 82.0 cm³/mol. The number of anilines is 1. The monoisotopic (exact) mass is 324 g/mol. The Kier molecular flexibility index (Phi) is 4.20. The van der Waals surface area contributed by atoms with Crippen LogP contribution in [0.2, 0.25) is 5.02 Å². The Morgan fingerprint density at radius 3 is 2.33 bits per heavy atom. The van der Waals surface area contributed by atoms with Crippen LogP contribution in [0.25, 0.3) is 0 Å². The topological polar surface area (TPSA) is 89.3 Å². The van der Waals surface area contributed by atoms with E-state index in [4.69, 9.17) is 17.3 Å². The van der Waals surface area contributed by atoms with Crippen LogP contribution in [0.3, 0.4) is 0 Å². The zero-order valence-corrected chi connectivity index (χ0v) is 12.7. The second-order valence-electron chi connectivity index (χ2n) is 4.46.